The third-order valence-corrected chi connectivity index (χ3v) is 5.76. The molecular formula is C13H18O6S. The third kappa shape index (κ3) is 2.77. The van der Waals surface area contributed by atoms with Crippen LogP contribution in [0, 0.1) is 23.7 Å². The minimum Gasteiger partial charge on any atom is -0.481 e. The van der Waals surface area contributed by atoms with Crippen LogP contribution in [0.1, 0.15) is 19.3 Å². The van der Waals surface area contributed by atoms with E-state index >= 15 is 0 Å². The standard InChI is InChI=1S/C13H18O6S/c1-19-13(18)10-6-4-7(11(10)12(16)17)8(5-6)20-3-2-9(14)15/h6-8,10-11H,2-5H2,1H3,(H,14,15)(H,16,17). The number of hydrogen-bond acceptors (Lipinski definition) is 5. The van der Waals surface area contributed by atoms with E-state index in [1.165, 1.54) is 18.9 Å². The average Bonchev–Trinajstić information content (AvgIpc) is 2.94. The van der Waals surface area contributed by atoms with E-state index in [1.807, 2.05) is 0 Å². The number of esters is 1. The highest BCUT2D eigenvalue weighted by atomic mass is 32.2. The van der Waals surface area contributed by atoms with Gasteiger partial charge in [0.25, 0.3) is 0 Å². The zero-order valence-electron chi connectivity index (χ0n) is 11.2. The summed E-state index contributed by atoms with van der Waals surface area (Å²) in [7, 11) is 1.28. The number of hydrogen-bond donors (Lipinski definition) is 2. The smallest absolute Gasteiger partial charge is 0.309 e. The second-order valence-electron chi connectivity index (χ2n) is 5.36. The monoisotopic (exact) mass is 302 g/mol. The van der Waals surface area contributed by atoms with Gasteiger partial charge < -0.3 is 14.9 Å². The quantitative estimate of drug-likeness (QED) is 0.708. The number of ether oxygens (including phenoxy) is 1. The van der Waals surface area contributed by atoms with Crippen LogP contribution in [0.25, 0.3) is 0 Å². The van der Waals surface area contributed by atoms with Gasteiger partial charge in [-0.15, -0.1) is 0 Å². The van der Waals surface area contributed by atoms with Crippen LogP contribution in [0.2, 0.25) is 0 Å². The first-order chi connectivity index (χ1) is 9.45. The number of methoxy groups -OCH3 is 1. The van der Waals surface area contributed by atoms with Crippen molar-refractivity contribution in [3.63, 3.8) is 0 Å². The van der Waals surface area contributed by atoms with Gasteiger partial charge in [-0.2, -0.15) is 11.8 Å². The highest BCUT2D eigenvalue weighted by Crippen LogP contribution is 2.56. The second kappa shape index (κ2) is 6.03. The lowest BCUT2D eigenvalue weighted by molar-refractivity contribution is -0.158. The molecule has 2 aliphatic rings. The minimum absolute atomic E-state index is 0.0517. The number of carboxylic acids is 2. The van der Waals surface area contributed by atoms with Crippen LogP contribution in [0.4, 0.5) is 0 Å². The summed E-state index contributed by atoms with van der Waals surface area (Å²) in [5.74, 6) is -2.98. The molecule has 2 fully saturated rings. The maximum atomic E-state index is 11.8. The molecule has 5 unspecified atom stereocenters. The SMILES string of the molecule is COC(=O)C1C2CC(SCCC(=O)O)C(C2)C1C(=O)O. The van der Waals surface area contributed by atoms with Crippen LogP contribution in [-0.2, 0) is 19.1 Å². The molecule has 0 amide bonds. The van der Waals surface area contributed by atoms with Gasteiger partial charge in [0, 0.05) is 11.0 Å². The Kier molecular flexibility index (Phi) is 4.57. The van der Waals surface area contributed by atoms with Crippen LogP contribution >= 0.6 is 11.8 Å². The zero-order valence-corrected chi connectivity index (χ0v) is 12.0. The number of carbonyl (C=O) groups is 3. The van der Waals surface area contributed by atoms with Crippen LogP contribution in [-0.4, -0.2) is 46.2 Å². The first kappa shape index (κ1) is 15.2. The Morgan fingerprint density at radius 2 is 1.90 bits per heavy atom. The summed E-state index contributed by atoms with van der Waals surface area (Å²) in [6, 6.07) is 0. The maximum absolute atomic E-state index is 11.8. The normalized spacial score (nSPS) is 35.0. The molecule has 0 aliphatic heterocycles. The summed E-state index contributed by atoms with van der Waals surface area (Å²) in [6.07, 6.45) is 1.58. The van der Waals surface area contributed by atoms with E-state index in [2.05, 4.69) is 0 Å². The molecule has 2 bridgehead atoms. The lowest BCUT2D eigenvalue weighted by atomic mass is 9.79. The summed E-state index contributed by atoms with van der Waals surface area (Å²) in [6.45, 7) is 0. The summed E-state index contributed by atoms with van der Waals surface area (Å²) in [4.78, 5) is 33.7. The molecule has 0 aromatic rings. The van der Waals surface area contributed by atoms with Crippen molar-refractivity contribution in [2.45, 2.75) is 24.5 Å². The number of fused-ring (bicyclic) bond motifs is 2. The summed E-state index contributed by atoms with van der Waals surface area (Å²) >= 11 is 1.52. The topological polar surface area (TPSA) is 101 Å². The Morgan fingerprint density at radius 1 is 1.20 bits per heavy atom. The van der Waals surface area contributed by atoms with Gasteiger partial charge in [0.15, 0.2) is 0 Å². The maximum Gasteiger partial charge on any atom is 0.309 e. The van der Waals surface area contributed by atoms with Gasteiger partial charge in [-0.25, -0.2) is 0 Å². The molecule has 5 atom stereocenters. The van der Waals surface area contributed by atoms with Gasteiger partial charge >= 0.3 is 17.9 Å². The molecule has 0 aromatic heterocycles. The first-order valence-electron chi connectivity index (χ1n) is 6.59. The lowest BCUT2D eigenvalue weighted by Crippen LogP contribution is -2.39. The third-order valence-electron chi connectivity index (χ3n) is 4.35. The summed E-state index contributed by atoms with van der Waals surface area (Å²) < 4.78 is 4.73. The Bertz CT molecular complexity index is 423. The predicted octanol–water partition coefficient (Wildman–Crippen LogP) is 1.09. The van der Waals surface area contributed by atoms with Crippen molar-refractivity contribution in [1.29, 1.82) is 0 Å². The van der Waals surface area contributed by atoms with Crippen molar-refractivity contribution in [2.75, 3.05) is 12.9 Å². The molecule has 2 aliphatic carbocycles. The molecule has 7 heteroatoms. The largest absolute Gasteiger partial charge is 0.481 e. The Hall–Kier alpha value is -1.24. The molecule has 2 rings (SSSR count). The fourth-order valence-corrected chi connectivity index (χ4v) is 5.11. The summed E-state index contributed by atoms with van der Waals surface area (Å²) in [5, 5.41) is 18.1. The molecule has 112 valence electrons. The zero-order chi connectivity index (χ0) is 14.9. The molecule has 0 radical (unpaired) electrons. The van der Waals surface area contributed by atoms with Gasteiger partial charge in [-0.1, -0.05) is 0 Å². The van der Waals surface area contributed by atoms with Crippen molar-refractivity contribution >= 4 is 29.7 Å². The van der Waals surface area contributed by atoms with Gasteiger partial charge in [-0.3, -0.25) is 14.4 Å². The van der Waals surface area contributed by atoms with Crippen LogP contribution in [0.15, 0.2) is 0 Å². The van der Waals surface area contributed by atoms with E-state index < -0.39 is 29.7 Å². The molecule has 6 nitrogen and oxygen atoms in total. The van der Waals surface area contributed by atoms with E-state index in [-0.39, 0.29) is 23.5 Å². The van der Waals surface area contributed by atoms with E-state index in [1.54, 1.807) is 0 Å². The molecule has 2 N–H and O–H groups in total. The first-order valence-corrected chi connectivity index (χ1v) is 7.64. The molecule has 2 saturated carbocycles. The fourth-order valence-electron chi connectivity index (χ4n) is 3.60. The van der Waals surface area contributed by atoms with Crippen LogP contribution < -0.4 is 0 Å². The van der Waals surface area contributed by atoms with Crippen molar-refractivity contribution in [3.8, 4) is 0 Å². The van der Waals surface area contributed by atoms with Crippen molar-refractivity contribution in [2.24, 2.45) is 23.7 Å². The van der Waals surface area contributed by atoms with E-state index in [9.17, 15) is 19.5 Å². The molecular weight excluding hydrogens is 284 g/mol. The molecule has 0 saturated heterocycles. The Morgan fingerprint density at radius 3 is 2.45 bits per heavy atom. The number of aliphatic carboxylic acids is 2. The summed E-state index contributed by atoms with van der Waals surface area (Å²) in [5.41, 5.74) is 0. The molecule has 20 heavy (non-hydrogen) atoms. The number of carboxylic acid groups (broad SMARTS) is 2. The van der Waals surface area contributed by atoms with Crippen molar-refractivity contribution in [3.05, 3.63) is 0 Å². The number of carbonyl (C=O) groups excluding carboxylic acids is 1. The highest BCUT2D eigenvalue weighted by molar-refractivity contribution is 7.99. The van der Waals surface area contributed by atoms with Crippen LogP contribution in [0.5, 0.6) is 0 Å². The van der Waals surface area contributed by atoms with Gasteiger partial charge in [0.05, 0.1) is 25.4 Å². The van der Waals surface area contributed by atoms with Gasteiger partial charge in [0.2, 0.25) is 0 Å². The Labute approximate surface area is 120 Å². The molecule has 0 aromatic carbocycles. The second-order valence-corrected chi connectivity index (χ2v) is 6.71. The number of thioether (sulfide) groups is 1. The van der Waals surface area contributed by atoms with Crippen LogP contribution in [0.3, 0.4) is 0 Å². The van der Waals surface area contributed by atoms with E-state index in [0.29, 0.717) is 5.75 Å². The molecule has 0 heterocycles. The number of rotatable bonds is 6. The van der Waals surface area contributed by atoms with Gasteiger partial charge in [0.1, 0.15) is 0 Å². The molecule has 0 spiro atoms. The minimum atomic E-state index is -0.948. The van der Waals surface area contributed by atoms with Crippen molar-refractivity contribution in [1.82, 2.24) is 0 Å². The Balaban J connectivity index is 2.02. The predicted molar refractivity (Wildman–Crippen MR) is 71.3 cm³/mol. The fraction of sp³-hybridized carbons (Fsp3) is 0.769. The lowest BCUT2D eigenvalue weighted by Gasteiger charge is -2.31. The highest BCUT2D eigenvalue weighted by Gasteiger charge is 2.58. The average molecular weight is 302 g/mol. The van der Waals surface area contributed by atoms with E-state index in [4.69, 9.17) is 9.84 Å². The van der Waals surface area contributed by atoms with Gasteiger partial charge in [-0.05, 0) is 24.7 Å². The van der Waals surface area contributed by atoms with Crippen molar-refractivity contribution < 1.29 is 29.3 Å². The van der Waals surface area contributed by atoms with E-state index in [0.717, 1.165) is 12.8 Å².